The van der Waals surface area contributed by atoms with E-state index in [9.17, 15) is 4.79 Å². The number of nitrogens with one attached hydrogen (secondary N) is 1. The van der Waals surface area contributed by atoms with Crippen molar-refractivity contribution in [1.29, 1.82) is 0 Å². The Morgan fingerprint density at radius 3 is 2.94 bits per heavy atom. The number of hydrogen-bond donors (Lipinski definition) is 1. The SMILES string of the molecule is CCOc1cc(C(=O)Nc2ccccn2)ncn1. The molecule has 0 aliphatic heterocycles. The molecule has 6 heteroatoms. The van der Waals surface area contributed by atoms with Gasteiger partial charge in [0.05, 0.1) is 6.61 Å². The van der Waals surface area contributed by atoms with E-state index in [-0.39, 0.29) is 11.6 Å². The van der Waals surface area contributed by atoms with Crippen LogP contribution in [0, 0.1) is 0 Å². The summed E-state index contributed by atoms with van der Waals surface area (Å²) in [5, 5.41) is 2.63. The maximum atomic E-state index is 11.9. The Hall–Kier alpha value is -2.50. The van der Waals surface area contributed by atoms with Gasteiger partial charge in [0.2, 0.25) is 5.88 Å². The highest BCUT2D eigenvalue weighted by molar-refractivity contribution is 6.02. The van der Waals surface area contributed by atoms with Crippen LogP contribution in [0.2, 0.25) is 0 Å². The van der Waals surface area contributed by atoms with Gasteiger partial charge in [0.25, 0.3) is 5.91 Å². The Kier molecular flexibility index (Phi) is 3.80. The van der Waals surface area contributed by atoms with Crippen LogP contribution in [0.1, 0.15) is 17.4 Å². The molecule has 0 fully saturated rings. The molecule has 0 saturated carbocycles. The Bertz CT molecular complexity index is 531. The summed E-state index contributed by atoms with van der Waals surface area (Å²) < 4.78 is 5.20. The summed E-state index contributed by atoms with van der Waals surface area (Å²) in [6.07, 6.45) is 2.89. The van der Waals surface area contributed by atoms with Crippen molar-refractivity contribution in [3.63, 3.8) is 0 Å². The summed E-state index contributed by atoms with van der Waals surface area (Å²) >= 11 is 0. The lowest BCUT2D eigenvalue weighted by atomic mass is 10.3. The molecule has 1 amide bonds. The molecule has 6 nitrogen and oxygen atoms in total. The molecule has 0 unspecified atom stereocenters. The van der Waals surface area contributed by atoms with Gasteiger partial charge in [-0.1, -0.05) is 6.07 Å². The molecule has 92 valence electrons. The smallest absolute Gasteiger partial charge is 0.275 e. The molecule has 0 radical (unpaired) electrons. The summed E-state index contributed by atoms with van der Waals surface area (Å²) in [7, 11) is 0. The van der Waals surface area contributed by atoms with Gasteiger partial charge >= 0.3 is 0 Å². The highest BCUT2D eigenvalue weighted by Gasteiger charge is 2.09. The first-order chi connectivity index (χ1) is 8.79. The first-order valence-electron chi connectivity index (χ1n) is 5.47. The number of carbonyl (C=O) groups excluding carboxylic acids is 1. The third-order valence-electron chi connectivity index (χ3n) is 2.07. The van der Waals surface area contributed by atoms with Crippen molar-refractivity contribution < 1.29 is 9.53 Å². The van der Waals surface area contributed by atoms with Gasteiger partial charge in [-0.05, 0) is 19.1 Å². The van der Waals surface area contributed by atoms with E-state index in [0.717, 1.165) is 0 Å². The van der Waals surface area contributed by atoms with Crippen molar-refractivity contribution in [1.82, 2.24) is 15.0 Å². The van der Waals surface area contributed by atoms with Gasteiger partial charge in [-0.2, -0.15) is 0 Å². The number of pyridine rings is 1. The zero-order chi connectivity index (χ0) is 12.8. The zero-order valence-corrected chi connectivity index (χ0v) is 9.83. The summed E-state index contributed by atoms with van der Waals surface area (Å²) in [6.45, 7) is 2.33. The van der Waals surface area contributed by atoms with Crippen molar-refractivity contribution in [2.75, 3.05) is 11.9 Å². The normalized spacial score (nSPS) is 9.83. The van der Waals surface area contributed by atoms with Gasteiger partial charge in [-0.25, -0.2) is 15.0 Å². The molecule has 0 atom stereocenters. The number of ether oxygens (including phenoxy) is 1. The molecule has 2 rings (SSSR count). The minimum Gasteiger partial charge on any atom is -0.478 e. The number of hydrogen-bond acceptors (Lipinski definition) is 5. The van der Waals surface area contributed by atoms with Gasteiger partial charge in [-0.15, -0.1) is 0 Å². The Morgan fingerprint density at radius 1 is 1.33 bits per heavy atom. The third-order valence-corrected chi connectivity index (χ3v) is 2.07. The topological polar surface area (TPSA) is 77.0 Å². The van der Waals surface area contributed by atoms with E-state index in [1.807, 2.05) is 6.92 Å². The van der Waals surface area contributed by atoms with Gasteiger partial charge in [-0.3, -0.25) is 4.79 Å². The van der Waals surface area contributed by atoms with E-state index in [0.29, 0.717) is 18.3 Å². The number of aromatic nitrogens is 3. The quantitative estimate of drug-likeness (QED) is 0.882. The van der Waals surface area contributed by atoms with Crippen LogP contribution >= 0.6 is 0 Å². The summed E-state index contributed by atoms with van der Waals surface area (Å²) in [5.41, 5.74) is 0.235. The maximum Gasteiger partial charge on any atom is 0.275 e. The summed E-state index contributed by atoms with van der Waals surface area (Å²) in [5.74, 6) is 0.495. The van der Waals surface area contributed by atoms with E-state index >= 15 is 0 Å². The second kappa shape index (κ2) is 5.72. The van der Waals surface area contributed by atoms with Gasteiger partial charge in [0.1, 0.15) is 17.8 Å². The lowest BCUT2D eigenvalue weighted by Crippen LogP contribution is -2.15. The van der Waals surface area contributed by atoms with Crippen molar-refractivity contribution in [3.8, 4) is 5.88 Å². The van der Waals surface area contributed by atoms with Crippen LogP contribution in [0.15, 0.2) is 36.8 Å². The highest BCUT2D eigenvalue weighted by atomic mass is 16.5. The Labute approximate surface area is 104 Å². The van der Waals surface area contributed by atoms with Crippen LogP contribution in [0.25, 0.3) is 0 Å². The van der Waals surface area contributed by atoms with Crippen LogP contribution in [0.5, 0.6) is 5.88 Å². The summed E-state index contributed by atoms with van der Waals surface area (Å²) in [4.78, 5) is 23.6. The molecule has 2 aromatic heterocycles. The van der Waals surface area contributed by atoms with Crippen molar-refractivity contribution in [3.05, 3.63) is 42.5 Å². The second-order valence-corrected chi connectivity index (χ2v) is 3.34. The van der Waals surface area contributed by atoms with Crippen molar-refractivity contribution >= 4 is 11.7 Å². The number of carbonyl (C=O) groups is 1. The maximum absolute atomic E-state index is 11.9. The molecule has 18 heavy (non-hydrogen) atoms. The van der Waals surface area contributed by atoms with E-state index in [1.54, 1.807) is 24.4 Å². The predicted octanol–water partition coefficient (Wildman–Crippen LogP) is 1.52. The molecular weight excluding hydrogens is 232 g/mol. The van der Waals surface area contributed by atoms with Crippen LogP contribution in [0.3, 0.4) is 0 Å². The number of amides is 1. The Balaban J connectivity index is 2.11. The highest BCUT2D eigenvalue weighted by Crippen LogP contribution is 2.09. The first kappa shape index (κ1) is 12.0. The molecule has 0 aliphatic rings. The molecule has 1 N–H and O–H groups in total. The fraction of sp³-hybridized carbons (Fsp3) is 0.167. The molecular formula is C12H12N4O2. The predicted molar refractivity (Wildman–Crippen MR) is 65.4 cm³/mol. The molecule has 2 heterocycles. The minimum atomic E-state index is -0.350. The third kappa shape index (κ3) is 3.00. The second-order valence-electron chi connectivity index (χ2n) is 3.34. The minimum absolute atomic E-state index is 0.235. The number of anilines is 1. The van der Waals surface area contributed by atoms with E-state index in [1.165, 1.54) is 12.4 Å². The zero-order valence-electron chi connectivity index (χ0n) is 9.83. The van der Waals surface area contributed by atoms with Crippen LogP contribution < -0.4 is 10.1 Å². The standard InChI is InChI=1S/C12H12N4O2/c1-2-18-11-7-9(14-8-15-11)12(17)16-10-5-3-4-6-13-10/h3-8H,2H2,1H3,(H,13,16,17). The average molecular weight is 244 g/mol. The first-order valence-corrected chi connectivity index (χ1v) is 5.47. The van der Waals surface area contributed by atoms with E-state index < -0.39 is 0 Å². The molecule has 0 bridgehead atoms. The fourth-order valence-electron chi connectivity index (χ4n) is 1.31. The van der Waals surface area contributed by atoms with Crippen LogP contribution in [-0.4, -0.2) is 27.5 Å². The molecule has 0 spiro atoms. The largest absolute Gasteiger partial charge is 0.478 e. The summed E-state index contributed by atoms with van der Waals surface area (Å²) in [6, 6.07) is 6.74. The van der Waals surface area contributed by atoms with E-state index in [4.69, 9.17) is 4.74 Å². The average Bonchev–Trinajstić information content (AvgIpc) is 2.40. The van der Waals surface area contributed by atoms with Crippen LogP contribution in [0.4, 0.5) is 5.82 Å². The molecule has 2 aromatic rings. The number of rotatable bonds is 4. The monoisotopic (exact) mass is 244 g/mol. The van der Waals surface area contributed by atoms with Crippen molar-refractivity contribution in [2.45, 2.75) is 6.92 Å². The van der Waals surface area contributed by atoms with Gasteiger partial charge in [0, 0.05) is 12.3 Å². The van der Waals surface area contributed by atoms with Gasteiger partial charge in [0.15, 0.2) is 0 Å². The Morgan fingerprint density at radius 2 is 2.22 bits per heavy atom. The number of nitrogens with zero attached hydrogens (tertiary/aromatic N) is 3. The van der Waals surface area contributed by atoms with E-state index in [2.05, 4.69) is 20.3 Å². The molecule has 0 aliphatic carbocycles. The van der Waals surface area contributed by atoms with Gasteiger partial charge < -0.3 is 10.1 Å². The fourth-order valence-corrected chi connectivity index (χ4v) is 1.31. The van der Waals surface area contributed by atoms with Crippen molar-refractivity contribution in [2.24, 2.45) is 0 Å². The molecule has 0 saturated heterocycles. The van der Waals surface area contributed by atoms with Crippen LogP contribution in [-0.2, 0) is 0 Å². The lowest BCUT2D eigenvalue weighted by Gasteiger charge is -2.05. The molecule has 0 aromatic carbocycles. The lowest BCUT2D eigenvalue weighted by molar-refractivity contribution is 0.102.